The van der Waals surface area contributed by atoms with Crippen LogP contribution in [0.4, 0.5) is 0 Å². The number of rotatable bonds is 1. The first-order valence-electron chi connectivity index (χ1n) is 4.98. The Bertz CT molecular complexity index is 130. The molecule has 0 amide bonds. The van der Waals surface area contributed by atoms with E-state index in [-0.39, 0.29) is 0 Å². The van der Waals surface area contributed by atoms with Crippen molar-refractivity contribution in [3.63, 3.8) is 0 Å². The van der Waals surface area contributed by atoms with Crippen LogP contribution in [-0.2, 0) is 0 Å². The fraction of sp³-hybridized carbons (Fsp3) is 1.00. The van der Waals surface area contributed by atoms with Crippen molar-refractivity contribution in [1.29, 1.82) is 0 Å². The Morgan fingerprint density at radius 1 is 1.09 bits per heavy atom. The highest BCUT2D eigenvalue weighted by atomic mass is 14.9. The first-order chi connectivity index (χ1) is 5.27. The lowest BCUT2D eigenvalue weighted by Gasteiger charge is -2.14. The standard InChI is InChI=1S/C10H19N/c1-7(2)8-3-9-5-11-6-10(9)4-8/h7-11H,3-6H2,1-2H3. The Hall–Kier alpha value is -0.0400. The lowest BCUT2D eigenvalue weighted by atomic mass is 9.93. The lowest BCUT2D eigenvalue weighted by Crippen LogP contribution is -2.14. The maximum atomic E-state index is 3.48. The van der Waals surface area contributed by atoms with Gasteiger partial charge < -0.3 is 5.32 Å². The van der Waals surface area contributed by atoms with Crippen LogP contribution in [0.15, 0.2) is 0 Å². The van der Waals surface area contributed by atoms with Crippen molar-refractivity contribution in [2.75, 3.05) is 13.1 Å². The maximum absolute atomic E-state index is 3.48. The van der Waals surface area contributed by atoms with Gasteiger partial charge in [0.15, 0.2) is 0 Å². The highest BCUT2D eigenvalue weighted by Gasteiger charge is 2.37. The fourth-order valence-corrected chi connectivity index (χ4v) is 2.76. The van der Waals surface area contributed by atoms with Gasteiger partial charge in [-0.05, 0) is 49.6 Å². The summed E-state index contributed by atoms with van der Waals surface area (Å²) in [5, 5.41) is 3.48. The van der Waals surface area contributed by atoms with E-state index in [1.54, 1.807) is 0 Å². The third-order valence-corrected chi connectivity index (χ3v) is 3.63. The van der Waals surface area contributed by atoms with Crippen molar-refractivity contribution in [2.45, 2.75) is 26.7 Å². The molecule has 2 atom stereocenters. The van der Waals surface area contributed by atoms with Gasteiger partial charge in [-0.3, -0.25) is 0 Å². The molecule has 11 heavy (non-hydrogen) atoms. The minimum atomic E-state index is 0.917. The molecular weight excluding hydrogens is 134 g/mol. The maximum Gasteiger partial charge on any atom is -0.00172 e. The van der Waals surface area contributed by atoms with E-state index in [1.807, 2.05) is 0 Å². The van der Waals surface area contributed by atoms with Crippen molar-refractivity contribution in [2.24, 2.45) is 23.7 Å². The van der Waals surface area contributed by atoms with E-state index < -0.39 is 0 Å². The van der Waals surface area contributed by atoms with Gasteiger partial charge in [0.2, 0.25) is 0 Å². The van der Waals surface area contributed by atoms with Gasteiger partial charge in [0.05, 0.1) is 0 Å². The summed E-state index contributed by atoms with van der Waals surface area (Å²) in [6, 6.07) is 0. The smallest absolute Gasteiger partial charge is 0.00172 e. The molecule has 1 heterocycles. The predicted molar refractivity (Wildman–Crippen MR) is 47.4 cm³/mol. The van der Waals surface area contributed by atoms with Crippen molar-refractivity contribution in [3.8, 4) is 0 Å². The SMILES string of the molecule is CC(C)C1CC2CNCC2C1. The van der Waals surface area contributed by atoms with Gasteiger partial charge in [-0.1, -0.05) is 13.8 Å². The molecule has 2 aliphatic rings. The number of fused-ring (bicyclic) bond motifs is 1. The normalized spacial score (nSPS) is 43.4. The Labute approximate surface area is 69.6 Å². The molecule has 2 rings (SSSR count). The summed E-state index contributed by atoms with van der Waals surface area (Å²) in [5.41, 5.74) is 0. The molecule has 1 heteroatoms. The highest BCUT2D eigenvalue weighted by Crippen LogP contribution is 2.41. The Balaban J connectivity index is 1.94. The Kier molecular flexibility index (Phi) is 1.92. The first kappa shape index (κ1) is 7.60. The molecule has 1 saturated carbocycles. The number of hydrogen-bond donors (Lipinski definition) is 1. The lowest BCUT2D eigenvalue weighted by molar-refractivity contribution is 0.369. The van der Waals surface area contributed by atoms with Gasteiger partial charge in [0.1, 0.15) is 0 Å². The average Bonchev–Trinajstić information content (AvgIpc) is 2.40. The van der Waals surface area contributed by atoms with Crippen LogP contribution in [-0.4, -0.2) is 13.1 Å². The van der Waals surface area contributed by atoms with E-state index in [1.165, 1.54) is 25.9 Å². The fourth-order valence-electron chi connectivity index (χ4n) is 2.76. The molecule has 0 radical (unpaired) electrons. The van der Waals surface area contributed by atoms with Crippen molar-refractivity contribution in [1.82, 2.24) is 5.32 Å². The monoisotopic (exact) mass is 153 g/mol. The number of nitrogens with one attached hydrogen (secondary N) is 1. The molecular formula is C10H19N. The van der Waals surface area contributed by atoms with Crippen LogP contribution in [0.3, 0.4) is 0 Å². The van der Waals surface area contributed by atoms with Gasteiger partial charge in [-0.15, -0.1) is 0 Å². The zero-order chi connectivity index (χ0) is 7.84. The van der Waals surface area contributed by atoms with E-state index in [0.29, 0.717) is 0 Å². The average molecular weight is 153 g/mol. The molecule has 0 spiro atoms. The summed E-state index contributed by atoms with van der Waals surface area (Å²) in [4.78, 5) is 0. The summed E-state index contributed by atoms with van der Waals surface area (Å²) in [5.74, 6) is 4.01. The minimum absolute atomic E-state index is 0.917. The molecule has 0 aromatic heterocycles. The molecule has 1 N–H and O–H groups in total. The van der Waals surface area contributed by atoms with E-state index >= 15 is 0 Å². The zero-order valence-electron chi connectivity index (χ0n) is 7.64. The van der Waals surface area contributed by atoms with E-state index in [2.05, 4.69) is 19.2 Å². The second kappa shape index (κ2) is 2.78. The van der Waals surface area contributed by atoms with E-state index in [0.717, 1.165) is 23.7 Å². The van der Waals surface area contributed by atoms with Crippen LogP contribution in [0.1, 0.15) is 26.7 Å². The molecule has 1 aliphatic carbocycles. The van der Waals surface area contributed by atoms with E-state index in [4.69, 9.17) is 0 Å². The largest absolute Gasteiger partial charge is 0.316 e. The molecule has 1 aliphatic heterocycles. The van der Waals surface area contributed by atoms with Gasteiger partial charge in [-0.25, -0.2) is 0 Å². The van der Waals surface area contributed by atoms with Crippen molar-refractivity contribution >= 4 is 0 Å². The van der Waals surface area contributed by atoms with Crippen LogP contribution in [0, 0.1) is 23.7 Å². The third-order valence-electron chi connectivity index (χ3n) is 3.63. The molecule has 1 nitrogen and oxygen atoms in total. The molecule has 2 fully saturated rings. The summed E-state index contributed by atoms with van der Waals surface area (Å²) >= 11 is 0. The van der Waals surface area contributed by atoms with E-state index in [9.17, 15) is 0 Å². The van der Waals surface area contributed by atoms with Crippen LogP contribution in [0.5, 0.6) is 0 Å². The Morgan fingerprint density at radius 2 is 1.64 bits per heavy atom. The van der Waals surface area contributed by atoms with Gasteiger partial charge >= 0.3 is 0 Å². The molecule has 64 valence electrons. The molecule has 2 unspecified atom stereocenters. The topological polar surface area (TPSA) is 12.0 Å². The summed E-state index contributed by atoms with van der Waals surface area (Å²) in [7, 11) is 0. The summed E-state index contributed by atoms with van der Waals surface area (Å²) < 4.78 is 0. The molecule has 0 aromatic carbocycles. The van der Waals surface area contributed by atoms with Crippen molar-refractivity contribution < 1.29 is 0 Å². The quantitative estimate of drug-likeness (QED) is 0.606. The summed E-state index contributed by atoms with van der Waals surface area (Å²) in [6.45, 7) is 7.35. The van der Waals surface area contributed by atoms with Crippen molar-refractivity contribution in [3.05, 3.63) is 0 Å². The number of hydrogen-bond acceptors (Lipinski definition) is 1. The third kappa shape index (κ3) is 1.31. The minimum Gasteiger partial charge on any atom is -0.316 e. The highest BCUT2D eigenvalue weighted by molar-refractivity contribution is 4.91. The summed E-state index contributed by atoms with van der Waals surface area (Å²) in [6.07, 6.45) is 2.99. The van der Waals surface area contributed by atoms with Crippen LogP contribution < -0.4 is 5.32 Å². The molecule has 1 saturated heterocycles. The first-order valence-corrected chi connectivity index (χ1v) is 4.98. The predicted octanol–water partition coefficient (Wildman–Crippen LogP) is 1.89. The molecule has 0 bridgehead atoms. The van der Waals surface area contributed by atoms with Gasteiger partial charge in [0.25, 0.3) is 0 Å². The van der Waals surface area contributed by atoms with Crippen LogP contribution in [0.25, 0.3) is 0 Å². The van der Waals surface area contributed by atoms with Gasteiger partial charge in [0, 0.05) is 0 Å². The zero-order valence-corrected chi connectivity index (χ0v) is 7.64. The Morgan fingerprint density at radius 3 is 2.09 bits per heavy atom. The van der Waals surface area contributed by atoms with Crippen LogP contribution >= 0.6 is 0 Å². The molecule has 0 aromatic rings. The van der Waals surface area contributed by atoms with Crippen LogP contribution in [0.2, 0.25) is 0 Å². The van der Waals surface area contributed by atoms with Gasteiger partial charge in [-0.2, -0.15) is 0 Å². The second-order valence-corrected chi connectivity index (χ2v) is 4.65. The second-order valence-electron chi connectivity index (χ2n) is 4.65.